The van der Waals surface area contributed by atoms with Gasteiger partial charge in [0, 0.05) is 11.5 Å². The Labute approximate surface area is 78.0 Å². The van der Waals surface area contributed by atoms with Crippen LogP contribution in [0, 0.1) is 6.07 Å². The summed E-state index contributed by atoms with van der Waals surface area (Å²) in [6.07, 6.45) is 0. The van der Waals surface area contributed by atoms with E-state index in [1.165, 1.54) is 5.39 Å². The predicted molar refractivity (Wildman–Crippen MR) is 54.0 cm³/mol. The number of benzene rings is 2. The maximum atomic E-state index is 5.46. The topological polar surface area (TPSA) is 9.23 Å². The molecule has 0 aliphatic rings. The van der Waals surface area contributed by atoms with Crippen LogP contribution in [0.3, 0.4) is 0 Å². The van der Waals surface area contributed by atoms with E-state index >= 15 is 0 Å². The van der Waals surface area contributed by atoms with Gasteiger partial charge in [-0.1, -0.05) is 30.3 Å². The Hall–Kier alpha value is -1.50. The second-order valence-corrected chi connectivity index (χ2v) is 2.83. The van der Waals surface area contributed by atoms with Gasteiger partial charge in [0.15, 0.2) is 0 Å². The van der Waals surface area contributed by atoms with E-state index in [4.69, 9.17) is 4.74 Å². The standard InChI is InChI=1S/C12H11O/c1-2-13-12-9-5-7-10-6-3-4-8-11(10)12/h3-8H,2H2,1H3. The van der Waals surface area contributed by atoms with Crippen LogP contribution < -0.4 is 4.74 Å². The van der Waals surface area contributed by atoms with Crippen LogP contribution in [-0.4, -0.2) is 6.61 Å². The number of rotatable bonds is 2. The van der Waals surface area contributed by atoms with E-state index in [9.17, 15) is 0 Å². The van der Waals surface area contributed by atoms with E-state index in [2.05, 4.69) is 18.2 Å². The van der Waals surface area contributed by atoms with Gasteiger partial charge < -0.3 is 4.74 Å². The van der Waals surface area contributed by atoms with E-state index in [1.54, 1.807) is 0 Å². The molecule has 2 aromatic rings. The maximum absolute atomic E-state index is 5.46. The highest BCUT2D eigenvalue weighted by Gasteiger charge is 1.98. The van der Waals surface area contributed by atoms with Crippen LogP contribution in [0.4, 0.5) is 0 Å². The number of hydrogen-bond donors (Lipinski definition) is 0. The molecule has 0 atom stereocenters. The van der Waals surface area contributed by atoms with Crippen LogP contribution in [0.25, 0.3) is 10.8 Å². The molecule has 0 unspecified atom stereocenters. The van der Waals surface area contributed by atoms with Crippen molar-refractivity contribution in [2.75, 3.05) is 6.61 Å². The fraction of sp³-hybridized carbons (Fsp3) is 0.167. The largest absolute Gasteiger partial charge is 0.493 e. The summed E-state index contributed by atoms with van der Waals surface area (Å²) in [6, 6.07) is 15.2. The second-order valence-electron chi connectivity index (χ2n) is 2.83. The van der Waals surface area contributed by atoms with Crippen molar-refractivity contribution in [2.45, 2.75) is 6.92 Å². The zero-order valence-corrected chi connectivity index (χ0v) is 7.58. The molecule has 13 heavy (non-hydrogen) atoms. The van der Waals surface area contributed by atoms with Gasteiger partial charge in [-0.2, -0.15) is 0 Å². The minimum Gasteiger partial charge on any atom is -0.493 e. The van der Waals surface area contributed by atoms with E-state index < -0.39 is 0 Å². The van der Waals surface area contributed by atoms with Crippen LogP contribution >= 0.6 is 0 Å². The fourth-order valence-electron chi connectivity index (χ4n) is 1.40. The Morgan fingerprint density at radius 3 is 2.92 bits per heavy atom. The first-order valence-electron chi connectivity index (χ1n) is 4.44. The highest BCUT2D eigenvalue weighted by molar-refractivity contribution is 5.87. The molecule has 0 fully saturated rings. The first-order chi connectivity index (χ1) is 6.42. The van der Waals surface area contributed by atoms with Crippen LogP contribution in [0.15, 0.2) is 36.4 Å². The highest BCUT2D eigenvalue weighted by Crippen LogP contribution is 2.24. The zero-order valence-electron chi connectivity index (χ0n) is 7.58. The van der Waals surface area contributed by atoms with Crippen molar-refractivity contribution in [3.63, 3.8) is 0 Å². The summed E-state index contributed by atoms with van der Waals surface area (Å²) < 4.78 is 5.46. The summed E-state index contributed by atoms with van der Waals surface area (Å²) in [4.78, 5) is 0. The van der Waals surface area contributed by atoms with Gasteiger partial charge >= 0.3 is 0 Å². The number of fused-ring (bicyclic) bond motifs is 1. The Bertz CT molecular complexity index is 401. The third-order valence-electron chi connectivity index (χ3n) is 1.97. The molecular weight excluding hydrogens is 160 g/mol. The van der Waals surface area contributed by atoms with Crippen molar-refractivity contribution in [2.24, 2.45) is 0 Å². The summed E-state index contributed by atoms with van der Waals surface area (Å²) in [7, 11) is 0. The molecule has 0 bridgehead atoms. The molecule has 65 valence electrons. The molecule has 0 N–H and O–H groups in total. The smallest absolute Gasteiger partial charge is 0.135 e. The van der Waals surface area contributed by atoms with E-state index in [0.29, 0.717) is 6.61 Å². The van der Waals surface area contributed by atoms with Crippen molar-refractivity contribution in [1.82, 2.24) is 0 Å². The molecule has 1 radical (unpaired) electrons. The number of ether oxygens (including phenoxy) is 1. The zero-order chi connectivity index (χ0) is 9.10. The third kappa shape index (κ3) is 1.50. The third-order valence-corrected chi connectivity index (χ3v) is 1.97. The SMILES string of the molecule is CCOc1[c]ccc2ccccc12. The van der Waals surface area contributed by atoms with Gasteiger partial charge in [-0.15, -0.1) is 0 Å². The number of hydrogen-bond acceptors (Lipinski definition) is 1. The van der Waals surface area contributed by atoms with Gasteiger partial charge in [0.05, 0.1) is 6.61 Å². The van der Waals surface area contributed by atoms with Gasteiger partial charge in [0.1, 0.15) is 5.75 Å². The summed E-state index contributed by atoms with van der Waals surface area (Å²) in [6.45, 7) is 2.67. The molecule has 0 aromatic heterocycles. The molecule has 0 spiro atoms. The molecule has 1 nitrogen and oxygen atoms in total. The minimum atomic E-state index is 0.685. The van der Waals surface area contributed by atoms with Crippen LogP contribution in [0.2, 0.25) is 0 Å². The molecule has 0 aliphatic heterocycles. The molecule has 2 rings (SSSR count). The van der Waals surface area contributed by atoms with E-state index in [-0.39, 0.29) is 0 Å². The summed E-state index contributed by atoms with van der Waals surface area (Å²) in [5.74, 6) is 0.848. The molecular formula is C12H11O. The summed E-state index contributed by atoms with van der Waals surface area (Å²) >= 11 is 0. The molecule has 2 aromatic carbocycles. The van der Waals surface area contributed by atoms with Crippen LogP contribution in [-0.2, 0) is 0 Å². The lowest BCUT2D eigenvalue weighted by Gasteiger charge is -2.05. The van der Waals surface area contributed by atoms with Crippen molar-refractivity contribution < 1.29 is 4.74 Å². The van der Waals surface area contributed by atoms with Crippen molar-refractivity contribution in [3.05, 3.63) is 42.5 Å². The first kappa shape index (κ1) is 8.11. The predicted octanol–water partition coefficient (Wildman–Crippen LogP) is 3.04. The minimum absolute atomic E-state index is 0.685. The lowest BCUT2D eigenvalue weighted by atomic mass is 10.1. The molecule has 1 heteroatoms. The lowest BCUT2D eigenvalue weighted by Crippen LogP contribution is -1.91. The van der Waals surface area contributed by atoms with E-state index in [1.807, 2.05) is 31.2 Å². The van der Waals surface area contributed by atoms with Crippen LogP contribution in [0.5, 0.6) is 5.75 Å². The van der Waals surface area contributed by atoms with Crippen molar-refractivity contribution in [1.29, 1.82) is 0 Å². The normalized spacial score (nSPS) is 10.2. The second kappa shape index (κ2) is 3.48. The molecule has 0 saturated carbocycles. The average molecular weight is 171 g/mol. The molecule has 0 heterocycles. The van der Waals surface area contributed by atoms with Gasteiger partial charge in [-0.05, 0) is 18.4 Å². The Morgan fingerprint density at radius 2 is 2.08 bits per heavy atom. The summed E-state index contributed by atoms with van der Waals surface area (Å²) in [5, 5.41) is 2.33. The van der Waals surface area contributed by atoms with E-state index in [0.717, 1.165) is 11.1 Å². The molecule has 0 saturated heterocycles. The Kier molecular flexibility index (Phi) is 2.17. The van der Waals surface area contributed by atoms with Gasteiger partial charge in [-0.25, -0.2) is 0 Å². The molecule has 0 amide bonds. The average Bonchev–Trinajstić information content (AvgIpc) is 2.19. The Balaban J connectivity index is 2.61. The van der Waals surface area contributed by atoms with Crippen LogP contribution in [0.1, 0.15) is 6.92 Å². The Morgan fingerprint density at radius 1 is 1.23 bits per heavy atom. The van der Waals surface area contributed by atoms with Gasteiger partial charge in [-0.3, -0.25) is 0 Å². The quantitative estimate of drug-likeness (QED) is 0.674. The van der Waals surface area contributed by atoms with Crippen molar-refractivity contribution >= 4 is 10.8 Å². The summed E-state index contributed by atoms with van der Waals surface area (Å²) in [5.41, 5.74) is 0. The van der Waals surface area contributed by atoms with Gasteiger partial charge in [0.2, 0.25) is 0 Å². The highest BCUT2D eigenvalue weighted by atomic mass is 16.5. The maximum Gasteiger partial charge on any atom is 0.135 e. The van der Waals surface area contributed by atoms with Crippen molar-refractivity contribution in [3.8, 4) is 5.75 Å². The first-order valence-corrected chi connectivity index (χ1v) is 4.44. The van der Waals surface area contributed by atoms with Gasteiger partial charge in [0.25, 0.3) is 0 Å². The fourth-order valence-corrected chi connectivity index (χ4v) is 1.40. The lowest BCUT2D eigenvalue weighted by molar-refractivity contribution is 0.343. The molecule has 0 aliphatic carbocycles. The monoisotopic (exact) mass is 171 g/mol.